The number of carboxylic acids is 1. The number of nitrogens with zero attached hydrogens (tertiary/aromatic N) is 1. The summed E-state index contributed by atoms with van der Waals surface area (Å²) in [4.78, 5) is 16.2. The van der Waals surface area contributed by atoms with E-state index in [0.717, 1.165) is 21.0 Å². The maximum atomic E-state index is 10.8. The first kappa shape index (κ1) is 13.3. The first-order chi connectivity index (χ1) is 10.1. The largest absolute Gasteiger partial charge is 0.508 e. The molecular formula is C16H11NO3S. The summed E-state index contributed by atoms with van der Waals surface area (Å²) < 4.78 is 0. The third-order valence-electron chi connectivity index (χ3n) is 3.04. The molecule has 0 unspecified atom stereocenters. The number of phenolic OH excluding ortho intramolecular Hbond substituents is 1. The molecule has 3 aromatic rings. The van der Waals surface area contributed by atoms with Crippen molar-refractivity contribution in [2.24, 2.45) is 0 Å². The summed E-state index contributed by atoms with van der Waals surface area (Å²) in [6.45, 7) is 0. The highest BCUT2D eigenvalue weighted by molar-refractivity contribution is 7.18. The van der Waals surface area contributed by atoms with Gasteiger partial charge in [-0.1, -0.05) is 12.1 Å². The molecule has 2 aromatic carbocycles. The number of benzene rings is 2. The van der Waals surface area contributed by atoms with Gasteiger partial charge in [-0.25, -0.2) is 9.78 Å². The van der Waals surface area contributed by atoms with Crippen LogP contribution in [-0.4, -0.2) is 21.2 Å². The molecule has 1 heterocycles. The summed E-state index contributed by atoms with van der Waals surface area (Å²) >= 11 is 1.52. The molecule has 0 spiro atoms. The van der Waals surface area contributed by atoms with Gasteiger partial charge in [0.15, 0.2) is 0 Å². The molecule has 3 rings (SSSR count). The fourth-order valence-corrected chi connectivity index (χ4v) is 2.85. The Morgan fingerprint density at radius 2 is 1.57 bits per heavy atom. The molecule has 0 amide bonds. The van der Waals surface area contributed by atoms with Gasteiger partial charge in [-0.15, -0.1) is 11.3 Å². The third-order valence-corrected chi connectivity index (χ3v) is 4.13. The molecule has 4 nitrogen and oxygen atoms in total. The van der Waals surface area contributed by atoms with E-state index < -0.39 is 5.97 Å². The lowest BCUT2D eigenvalue weighted by molar-refractivity contribution is 0.0697. The summed E-state index contributed by atoms with van der Waals surface area (Å²) in [7, 11) is 0. The minimum absolute atomic E-state index is 0.222. The highest BCUT2D eigenvalue weighted by atomic mass is 32.1. The molecule has 1 aromatic heterocycles. The number of rotatable bonds is 3. The lowest BCUT2D eigenvalue weighted by Crippen LogP contribution is -1.94. The first-order valence-electron chi connectivity index (χ1n) is 6.22. The summed E-state index contributed by atoms with van der Waals surface area (Å²) in [6.07, 6.45) is 1.77. The fraction of sp³-hybridized carbons (Fsp3) is 0. The maximum Gasteiger partial charge on any atom is 0.335 e. The van der Waals surface area contributed by atoms with Gasteiger partial charge in [-0.05, 0) is 42.0 Å². The number of aromatic hydroxyl groups is 1. The SMILES string of the molecule is O=C(O)c1ccc(-c2cnc(-c3ccc(O)cc3)s2)cc1. The van der Waals surface area contributed by atoms with Crippen LogP contribution in [0, 0.1) is 0 Å². The Morgan fingerprint density at radius 1 is 0.952 bits per heavy atom. The number of aromatic nitrogens is 1. The summed E-state index contributed by atoms with van der Waals surface area (Å²) in [5.74, 6) is -0.713. The zero-order valence-electron chi connectivity index (χ0n) is 10.9. The van der Waals surface area contributed by atoms with Crippen LogP contribution in [0.2, 0.25) is 0 Å². The molecule has 0 fully saturated rings. The number of hydrogen-bond donors (Lipinski definition) is 2. The fourth-order valence-electron chi connectivity index (χ4n) is 1.92. The molecule has 0 saturated heterocycles. The molecule has 0 bridgehead atoms. The Hall–Kier alpha value is -2.66. The van der Waals surface area contributed by atoms with Crippen LogP contribution in [0.1, 0.15) is 10.4 Å². The lowest BCUT2D eigenvalue weighted by Gasteiger charge is -1.98. The van der Waals surface area contributed by atoms with Crippen molar-refractivity contribution in [2.45, 2.75) is 0 Å². The van der Waals surface area contributed by atoms with Crippen LogP contribution in [0.15, 0.2) is 54.7 Å². The van der Waals surface area contributed by atoms with Crippen molar-refractivity contribution in [1.82, 2.24) is 4.98 Å². The van der Waals surface area contributed by atoms with Gasteiger partial charge >= 0.3 is 5.97 Å². The average molecular weight is 297 g/mol. The second-order valence-electron chi connectivity index (χ2n) is 4.46. The number of carboxylic acid groups (broad SMARTS) is 1. The van der Waals surface area contributed by atoms with E-state index in [1.165, 1.54) is 11.3 Å². The van der Waals surface area contributed by atoms with Crippen LogP contribution in [-0.2, 0) is 0 Å². The third kappa shape index (κ3) is 2.78. The number of carbonyl (C=O) groups is 1. The average Bonchev–Trinajstić information content (AvgIpc) is 2.98. The maximum absolute atomic E-state index is 10.8. The molecular weight excluding hydrogens is 286 g/mol. The molecule has 0 saturated carbocycles. The number of aromatic carboxylic acids is 1. The number of hydrogen-bond acceptors (Lipinski definition) is 4. The van der Waals surface area contributed by atoms with E-state index in [0.29, 0.717) is 0 Å². The van der Waals surface area contributed by atoms with E-state index in [9.17, 15) is 9.90 Å². The Labute approximate surface area is 125 Å². The summed E-state index contributed by atoms with van der Waals surface area (Å²) in [6, 6.07) is 13.6. The monoisotopic (exact) mass is 297 g/mol. The van der Waals surface area contributed by atoms with Crippen molar-refractivity contribution in [3.63, 3.8) is 0 Å². The van der Waals surface area contributed by atoms with Crippen molar-refractivity contribution >= 4 is 17.3 Å². The molecule has 2 N–H and O–H groups in total. The van der Waals surface area contributed by atoms with Crippen molar-refractivity contribution in [1.29, 1.82) is 0 Å². The van der Waals surface area contributed by atoms with Crippen molar-refractivity contribution < 1.29 is 15.0 Å². The van der Waals surface area contributed by atoms with Crippen LogP contribution < -0.4 is 0 Å². The minimum atomic E-state index is -0.935. The smallest absolute Gasteiger partial charge is 0.335 e. The van der Waals surface area contributed by atoms with Gasteiger partial charge in [0.2, 0.25) is 0 Å². The van der Waals surface area contributed by atoms with E-state index in [1.807, 2.05) is 12.1 Å². The van der Waals surface area contributed by atoms with Crippen LogP contribution in [0.4, 0.5) is 0 Å². The second-order valence-corrected chi connectivity index (χ2v) is 5.49. The van der Waals surface area contributed by atoms with Crippen LogP contribution in [0.25, 0.3) is 21.0 Å². The standard InChI is InChI=1S/C16H11NO3S/c18-13-7-5-11(6-8-13)15-17-9-14(21-15)10-1-3-12(4-2-10)16(19)20/h1-9,18H,(H,19,20). The molecule has 0 aliphatic rings. The van der Waals surface area contributed by atoms with Crippen molar-refractivity contribution in [3.8, 4) is 26.8 Å². The van der Waals surface area contributed by atoms with E-state index in [-0.39, 0.29) is 11.3 Å². The lowest BCUT2D eigenvalue weighted by atomic mass is 10.1. The number of phenols is 1. The number of thiazole rings is 1. The highest BCUT2D eigenvalue weighted by Gasteiger charge is 2.08. The molecule has 0 aliphatic carbocycles. The van der Waals surface area contributed by atoms with Crippen molar-refractivity contribution in [3.05, 3.63) is 60.3 Å². The molecule has 104 valence electrons. The molecule has 21 heavy (non-hydrogen) atoms. The molecule has 0 radical (unpaired) electrons. The van der Waals surface area contributed by atoms with Gasteiger partial charge in [-0.3, -0.25) is 0 Å². The predicted molar refractivity (Wildman–Crippen MR) is 81.6 cm³/mol. The molecule has 5 heteroatoms. The zero-order valence-corrected chi connectivity index (χ0v) is 11.7. The summed E-state index contributed by atoms with van der Waals surface area (Å²) in [5.41, 5.74) is 2.13. The van der Waals surface area contributed by atoms with Crippen molar-refractivity contribution in [2.75, 3.05) is 0 Å². The van der Waals surface area contributed by atoms with Gasteiger partial charge in [0.05, 0.1) is 10.4 Å². The minimum Gasteiger partial charge on any atom is -0.508 e. The van der Waals surface area contributed by atoms with Gasteiger partial charge in [0.25, 0.3) is 0 Å². The first-order valence-corrected chi connectivity index (χ1v) is 7.04. The van der Waals surface area contributed by atoms with Gasteiger partial charge in [0, 0.05) is 11.8 Å². The predicted octanol–water partition coefficient (Wildman–Crippen LogP) is 3.88. The van der Waals surface area contributed by atoms with Crippen LogP contribution in [0.3, 0.4) is 0 Å². The van der Waals surface area contributed by atoms with Gasteiger partial charge < -0.3 is 10.2 Å². The Morgan fingerprint density at radius 3 is 2.19 bits per heavy atom. The topological polar surface area (TPSA) is 70.4 Å². The van der Waals surface area contributed by atoms with E-state index >= 15 is 0 Å². The van der Waals surface area contributed by atoms with Crippen LogP contribution >= 0.6 is 11.3 Å². The second kappa shape index (κ2) is 5.38. The van der Waals surface area contributed by atoms with E-state index in [1.54, 1.807) is 42.6 Å². The zero-order chi connectivity index (χ0) is 14.8. The van der Waals surface area contributed by atoms with Gasteiger partial charge in [0.1, 0.15) is 10.8 Å². The van der Waals surface area contributed by atoms with Gasteiger partial charge in [-0.2, -0.15) is 0 Å². The summed E-state index contributed by atoms with van der Waals surface area (Å²) in [5, 5.41) is 19.0. The quantitative estimate of drug-likeness (QED) is 0.769. The Kier molecular flexibility index (Phi) is 3.41. The molecule has 0 aliphatic heterocycles. The van der Waals surface area contributed by atoms with E-state index in [4.69, 9.17) is 5.11 Å². The highest BCUT2D eigenvalue weighted by Crippen LogP contribution is 2.32. The Bertz CT molecular complexity index is 776. The Balaban J connectivity index is 1.90. The van der Waals surface area contributed by atoms with Crippen LogP contribution in [0.5, 0.6) is 5.75 Å². The van der Waals surface area contributed by atoms with E-state index in [2.05, 4.69) is 4.98 Å². The normalized spacial score (nSPS) is 10.5. The molecule has 0 atom stereocenters.